The highest BCUT2D eigenvalue weighted by atomic mass is 16.1. The average Bonchev–Trinajstić information content (AvgIpc) is 2.46. The van der Waals surface area contributed by atoms with Crippen molar-refractivity contribution >= 4 is 11.6 Å². The van der Waals surface area contributed by atoms with Crippen molar-refractivity contribution in [3.8, 4) is 0 Å². The van der Waals surface area contributed by atoms with Crippen LogP contribution in [-0.4, -0.2) is 15.8 Å². The number of nitrogens with two attached hydrogens (primary N) is 1. The largest absolute Gasteiger partial charge is 0.383 e. The van der Waals surface area contributed by atoms with Gasteiger partial charge in [0.2, 0.25) is 0 Å². The predicted molar refractivity (Wildman–Crippen MR) is 82.4 cm³/mol. The monoisotopic (exact) mass is 281 g/mol. The zero-order chi connectivity index (χ0) is 15.0. The van der Waals surface area contributed by atoms with Gasteiger partial charge in [0.25, 0.3) is 0 Å². The van der Waals surface area contributed by atoms with Crippen LogP contribution in [-0.2, 0) is 12.8 Å². The predicted octanol–water partition coefficient (Wildman–Crippen LogP) is 2.84. The number of carbonyl (C=O) groups excluding carboxylic acids is 1. The fourth-order valence-corrected chi connectivity index (χ4v) is 2.89. The zero-order valence-corrected chi connectivity index (χ0v) is 12.4. The number of hydrogen-bond donors (Lipinski definition) is 1. The molecule has 1 atom stereocenters. The molecule has 0 spiro atoms. The number of fused-ring (bicyclic) bond motifs is 1. The lowest BCUT2D eigenvalue weighted by molar-refractivity contribution is 0.0963. The molecule has 1 heterocycles. The lowest BCUT2D eigenvalue weighted by Crippen LogP contribution is -2.23. The van der Waals surface area contributed by atoms with Gasteiger partial charge in [0.15, 0.2) is 5.78 Å². The van der Waals surface area contributed by atoms with Crippen molar-refractivity contribution in [2.75, 3.05) is 5.73 Å². The molecular formula is C17H19N3O. The number of ketones is 1. The lowest BCUT2D eigenvalue weighted by atomic mass is 9.81. The third kappa shape index (κ3) is 2.53. The second-order valence-electron chi connectivity index (χ2n) is 5.64. The number of nitrogen functional groups attached to an aromatic ring is 1. The molecule has 4 heteroatoms. The van der Waals surface area contributed by atoms with Crippen molar-refractivity contribution in [2.45, 2.75) is 39.0 Å². The van der Waals surface area contributed by atoms with Crippen LogP contribution in [0.5, 0.6) is 0 Å². The van der Waals surface area contributed by atoms with Crippen LogP contribution in [0, 0.1) is 6.92 Å². The molecule has 4 nitrogen and oxygen atoms in total. The summed E-state index contributed by atoms with van der Waals surface area (Å²) < 4.78 is 0. The van der Waals surface area contributed by atoms with E-state index >= 15 is 0 Å². The fourth-order valence-electron chi connectivity index (χ4n) is 2.89. The fraction of sp³-hybridized carbons (Fsp3) is 0.353. The van der Waals surface area contributed by atoms with Gasteiger partial charge in [-0.15, -0.1) is 0 Å². The van der Waals surface area contributed by atoms with Crippen molar-refractivity contribution in [2.24, 2.45) is 0 Å². The number of nitrogens with zero attached hydrogens (tertiary/aromatic N) is 2. The molecule has 2 N–H and O–H groups in total. The van der Waals surface area contributed by atoms with Gasteiger partial charge in [0.05, 0.1) is 11.3 Å². The number of anilines is 1. The average molecular weight is 281 g/mol. The van der Waals surface area contributed by atoms with E-state index in [1.165, 1.54) is 11.1 Å². The van der Waals surface area contributed by atoms with Gasteiger partial charge >= 0.3 is 0 Å². The number of carbonyl (C=O) groups is 1. The van der Waals surface area contributed by atoms with Gasteiger partial charge in [-0.25, -0.2) is 9.97 Å². The summed E-state index contributed by atoms with van der Waals surface area (Å²) in [6, 6.07) is 8.37. The van der Waals surface area contributed by atoms with Gasteiger partial charge < -0.3 is 5.73 Å². The Morgan fingerprint density at radius 3 is 2.57 bits per heavy atom. The summed E-state index contributed by atoms with van der Waals surface area (Å²) in [4.78, 5) is 21.1. The van der Waals surface area contributed by atoms with E-state index in [0.29, 0.717) is 23.6 Å². The summed E-state index contributed by atoms with van der Waals surface area (Å²) in [5.41, 5.74) is 9.70. The molecule has 0 aliphatic heterocycles. The van der Waals surface area contributed by atoms with Crippen molar-refractivity contribution in [1.82, 2.24) is 9.97 Å². The van der Waals surface area contributed by atoms with E-state index in [9.17, 15) is 4.79 Å². The molecule has 0 radical (unpaired) electrons. The van der Waals surface area contributed by atoms with E-state index < -0.39 is 0 Å². The summed E-state index contributed by atoms with van der Waals surface area (Å²) in [5, 5.41) is 0. The van der Waals surface area contributed by atoms with E-state index in [4.69, 9.17) is 5.73 Å². The van der Waals surface area contributed by atoms with Crippen LogP contribution in [0.15, 0.2) is 24.3 Å². The summed E-state index contributed by atoms with van der Waals surface area (Å²) in [6.07, 6.45) is 1.96. The maximum Gasteiger partial charge on any atom is 0.169 e. The van der Waals surface area contributed by atoms with E-state index in [-0.39, 0.29) is 11.7 Å². The van der Waals surface area contributed by atoms with Gasteiger partial charge in [-0.3, -0.25) is 4.79 Å². The van der Waals surface area contributed by atoms with E-state index in [1.807, 2.05) is 6.92 Å². The van der Waals surface area contributed by atoms with Gasteiger partial charge in [-0.1, -0.05) is 36.8 Å². The summed E-state index contributed by atoms with van der Waals surface area (Å²) in [7, 11) is 0. The minimum absolute atomic E-state index is 0.0574. The second kappa shape index (κ2) is 5.28. The van der Waals surface area contributed by atoms with Crippen molar-refractivity contribution in [3.63, 3.8) is 0 Å². The number of benzene rings is 1. The van der Waals surface area contributed by atoms with E-state index in [1.54, 1.807) is 0 Å². The van der Waals surface area contributed by atoms with E-state index in [0.717, 1.165) is 18.5 Å². The van der Waals surface area contributed by atoms with Crippen LogP contribution in [0.4, 0.5) is 5.82 Å². The third-order valence-electron chi connectivity index (χ3n) is 4.07. The number of Topliss-reactive ketones (excluding diaryl/α,β-unsaturated/α-hetero) is 1. The van der Waals surface area contributed by atoms with Gasteiger partial charge in [0.1, 0.15) is 11.6 Å². The second-order valence-corrected chi connectivity index (χ2v) is 5.64. The van der Waals surface area contributed by atoms with Gasteiger partial charge in [-0.05, 0) is 24.8 Å². The molecule has 2 aromatic rings. The highest BCUT2D eigenvalue weighted by molar-refractivity contribution is 6.02. The first kappa shape index (κ1) is 13.7. The topological polar surface area (TPSA) is 68.9 Å². The SMILES string of the molecule is CCc1nc(N)c2c(n1)C[C@@H](c1ccc(C)cc1)CC2=O. The number of hydrogen-bond acceptors (Lipinski definition) is 4. The molecule has 21 heavy (non-hydrogen) atoms. The number of aryl methyl sites for hydroxylation is 2. The Morgan fingerprint density at radius 1 is 1.19 bits per heavy atom. The Labute approximate surface area is 124 Å². The molecule has 1 aliphatic rings. The molecule has 1 aromatic carbocycles. The van der Waals surface area contributed by atoms with Crippen LogP contribution < -0.4 is 5.73 Å². The summed E-state index contributed by atoms with van der Waals surface area (Å²) >= 11 is 0. The number of rotatable bonds is 2. The Hall–Kier alpha value is -2.23. The minimum atomic E-state index is 0.0574. The minimum Gasteiger partial charge on any atom is -0.383 e. The molecule has 0 unspecified atom stereocenters. The Kier molecular flexibility index (Phi) is 3.45. The maximum atomic E-state index is 12.4. The summed E-state index contributed by atoms with van der Waals surface area (Å²) in [6.45, 7) is 4.05. The molecule has 1 aromatic heterocycles. The Morgan fingerprint density at radius 2 is 1.90 bits per heavy atom. The normalized spacial score (nSPS) is 17.6. The lowest BCUT2D eigenvalue weighted by Gasteiger charge is -2.24. The van der Waals surface area contributed by atoms with Crippen molar-refractivity contribution < 1.29 is 4.79 Å². The van der Waals surface area contributed by atoms with Gasteiger partial charge in [0, 0.05) is 12.8 Å². The first-order chi connectivity index (χ1) is 10.1. The van der Waals surface area contributed by atoms with Crippen LogP contribution in [0.25, 0.3) is 0 Å². The van der Waals surface area contributed by atoms with Gasteiger partial charge in [-0.2, -0.15) is 0 Å². The van der Waals surface area contributed by atoms with Crippen LogP contribution in [0.3, 0.4) is 0 Å². The Bertz CT molecular complexity index is 692. The standard InChI is InChI=1S/C17H19N3O/c1-3-15-19-13-8-12(11-6-4-10(2)5-7-11)9-14(21)16(13)17(18)20-15/h4-7,12H,3,8-9H2,1-2H3,(H2,18,19,20)/t12-/m1/s1. The molecule has 0 amide bonds. The molecule has 0 saturated heterocycles. The van der Waals surface area contributed by atoms with Crippen LogP contribution in [0.1, 0.15) is 52.3 Å². The molecular weight excluding hydrogens is 262 g/mol. The van der Waals surface area contributed by atoms with Crippen molar-refractivity contribution in [3.05, 3.63) is 52.5 Å². The Balaban J connectivity index is 1.99. The van der Waals surface area contributed by atoms with Crippen LogP contribution in [0.2, 0.25) is 0 Å². The third-order valence-corrected chi connectivity index (χ3v) is 4.07. The molecule has 1 aliphatic carbocycles. The first-order valence-electron chi connectivity index (χ1n) is 7.33. The quantitative estimate of drug-likeness (QED) is 0.919. The molecule has 108 valence electrons. The summed E-state index contributed by atoms with van der Waals surface area (Å²) in [5.74, 6) is 1.29. The first-order valence-corrected chi connectivity index (χ1v) is 7.33. The zero-order valence-electron chi connectivity index (χ0n) is 12.4. The smallest absolute Gasteiger partial charge is 0.169 e. The van der Waals surface area contributed by atoms with E-state index in [2.05, 4.69) is 41.2 Å². The molecule has 3 rings (SSSR count). The van der Waals surface area contributed by atoms with Crippen LogP contribution >= 0.6 is 0 Å². The maximum absolute atomic E-state index is 12.4. The van der Waals surface area contributed by atoms with Crippen molar-refractivity contribution in [1.29, 1.82) is 0 Å². The highest BCUT2D eigenvalue weighted by Gasteiger charge is 2.30. The molecule has 0 saturated carbocycles. The number of aromatic nitrogens is 2. The molecule has 0 fully saturated rings. The highest BCUT2D eigenvalue weighted by Crippen LogP contribution is 2.33. The molecule has 0 bridgehead atoms.